The van der Waals surface area contributed by atoms with Crippen LogP contribution in [0.15, 0.2) is 12.1 Å². The second kappa shape index (κ2) is 4.83. The standard InChI is InChI=1S/C15H21N3O/c1-3-15(9-5-6-10-15)14-16-11-7-8-12(19-4-2)17-13(11)18-14/h7-8H,3-6,9-10H2,1-2H3,(H,16,17,18). The van der Waals surface area contributed by atoms with Crippen molar-refractivity contribution in [1.29, 1.82) is 0 Å². The maximum absolute atomic E-state index is 5.44. The first-order valence-corrected chi connectivity index (χ1v) is 7.27. The van der Waals surface area contributed by atoms with Crippen molar-refractivity contribution in [3.63, 3.8) is 0 Å². The molecule has 2 heterocycles. The molecule has 0 atom stereocenters. The van der Waals surface area contributed by atoms with Crippen LogP contribution in [-0.2, 0) is 5.41 Å². The lowest BCUT2D eigenvalue weighted by atomic mass is 9.83. The van der Waals surface area contributed by atoms with Crippen molar-refractivity contribution in [2.24, 2.45) is 0 Å². The minimum Gasteiger partial charge on any atom is -0.478 e. The van der Waals surface area contributed by atoms with E-state index in [-0.39, 0.29) is 5.41 Å². The van der Waals surface area contributed by atoms with Crippen molar-refractivity contribution >= 4 is 11.2 Å². The van der Waals surface area contributed by atoms with Gasteiger partial charge in [-0.25, -0.2) is 4.98 Å². The summed E-state index contributed by atoms with van der Waals surface area (Å²) in [5.74, 6) is 1.77. The molecule has 1 aliphatic rings. The van der Waals surface area contributed by atoms with Crippen LogP contribution in [0.1, 0.15) is 51.8 Å². The summed E-state index contributed by atoms with van der Waals surface area (Å²) in [6, 6.07) is 3.92. The highest BCUT2D eigenvalue weighted by Gasteiger charge is 2.36. The molecule has 4 heteroatoms. The molecule has 4 nitrogen and oxygen atoms in total. The van der Waals surface area contributed by atoms with Crippen molar-refractivity contribution < 1.29 is 4.74 Å². The third-order valence-electron chi connectivity index (χ3n) is 4.35. The largest absolute Gasteiger partial charge is 0.478 e. The van der Waals surface area contributed by atoms with Gasteiger partial charge >= 0.3 is 0 Å². The predicted molar refractivity (Wildman–Crippen MR) is 75.5 cm³/mol. The summed E-state index contributed by atoms with van der Waals surface area (Å²) >= 11 is 0. The molecule has 0 saturated heterocycles. The van der Waals surface area contributed by atoms with E-state index in [1.54, 1.807) is 0 Å². The van der Waals surface area contributed by atoms with E-state index in [1.165, 1.54) is 25.7 Å². The summed E-state index contributed by atoms with van der Waals surface area (Å²) in [4.78, 5) is 12.7. The zero-order valence-corrected chi connectivity index (χ0v) is 11.7. The van der Waals surface area contributed by atoms with Crippen LogP contribution in [0.3, 0.4) is 0 Å². The average Bonchev–Trinajstić information content (AvgIpc) is 3.05. The van der Waals surface area contributed by atoms with Crippen LogP contribution < -0.4 is 4.74 Å². The highest BCUT2D eigenvalue weighted by molar-refractivity contribution is 5.71. The minimum atomic E-state index is 0.243. The molecule has 0 amide bonds. The maximum Gasteiger partial charge on any atom is 0.215 e. The van der Waals surface area contributed by atoms with E-state index in [9.17, 15) is 0 Å². The van der Waals surface area contributed by atoms with Crippen molar-refractivity contribution in [3.8, 4) is 5.88 Å². The van der Waals surface area contributed by atoms with Gasteiger partial charge in [-0.1, -0.05) is 19.8 Å². The second-order valence-electron chi connectivity index (χ2n) is 5.38. The number of rotatable bonds is 4. The SMILES string of the molecule is CCOc1ccc2[nH]c(C3(CC)CCCC3)nc2n1. The van der Waals surface area contributed by atoms with Gasteiger partial charge in [-0.05, 0) is 32.3 Å². The van der Waals surface area contributed by atoms with Gasteiger partial charge in [0.2, 0.25) is 5.88 Å². The lowest BCUT2D eigenvalue weighted by Gasteiger charge is -2.24. The lowest BCUT2D eigenvalue weighted by Crippen LogP contribution is -2.22. The maximum atomic E-state index is 5.44. The molecule has 0 aliphatic heterocycles. The number of fused-ring (bicyclic) bond motifs is 1. The molecule has 19 heavy (non-hydrogen) atoms. The Hall–Kier alpha value is -1.58. The van der Waals surface area contributed by atoms with E-state index in [0.29, 0.717) is 12.5 Å². The van der Waals surface area contributed by atoms with E-state index in [0.717, 1.165) is 23.4 Å². The number of pyridine rings is 1. The first-order chi connectivity index (χ1) is 9.27. The molecule has 1 aliphatic carbocycles. The van der Waals surface area contributed by atoms with Crippen molar-refractivity contribution in [3.05, 3.63) is 18.0 Å². The first kappa shape index (κ1) is 12.5. The number of ether oxygens (including phenoxy) is 1. The van der Waals surface area contributed by atoms with Gasteiger partial charge in [0.1, 0.15) is 5.82 Å². The molecule has 0 bridgehead atoms. The summed E-state index contributed by atoms with van der Waals surface area (Å²) in [6.45, 7) is 4.86. The fourth-order valence-corrected chi connectivity index (χ4v) is 3.16. The number of hydrogen-bond donors (Lipinski definition) is 1. The Kier molecular flexibility index (Phi) is 3.17. The Morgan fingerprint density at radius 1 is 1.21 bits per heavy atom. The topological polar surface area (TPSA) is 50.8 Å². The minimum absolute atomic E-state index is 0.243. The summed E-state index contributed by atoms with van der Waals surface area (Å²) < 4.78 is 5.44. The van der Waals surface area contributed by atoms with Crippen LogP contribution in [-0.4, -0.2) is 21.6 Å². The van der Waals surface area contributed by atoms with E-state index >= 15 is 0 Å². The summed E-state index contributed by atoms with van der Waals surface area (Å²) in [6.07, 6.45) is 6.24. The molecule has 102 valence electrons. The van der Waals surface area contributed by atoms with Crippen molar-refractivity contribution in [2.75, 3.05) is 6.61 Å². The molecule has 1 fully saturated rings. The molecule has 0 aromatic carbocycles. The Morgan fingerprint density at radius 2 is 2.00 bits per heavy atom. The van der Waals surface area contributed by atoms with Gasteiger partial charge in [0.25, 0.3) is 0 Å². The van der Waals surface area contributed by atoms with Crippen LogP contribution in [0.5, 0.6) is 5.88 Å². The third kappa shape index (κ3) is 2.09. The number of imidazole rings is 1. The highest BCUT2D eigenvalue weighted by Crippen LogP contribution is 2.42. The smallest absolute Gasteiger partial charge is 0.215 e. The number of nitrogens with zero attached hydrogens (tertiary/aromatic N) is 2. The van der Waals surface area contributed by atoms with E-state index in [2.05, 4.69) is 16.9 Å². The zero-order valence-electron chi connectivity index (χ0n) is 11.7. The predicted octanol–water partition coefficient (Wildman–Crippen LogP) is 3.58. The highest BCUT2D eigenvalue weighted by atomic mass is 16.5. The van der Waals surface area contributed by atoms with Crippen molar-refractivity contribution in [2.45, 2.75) is 51.4 Å². The second-order valence-corrected chi connectivity index (χ2v) is 5.38. The fraction of sp³-hybridized carbons (Fsp3) is 0.600. The molecule has 2 aromatic heterocycles. The monoisotopic (exact) mass is 259 g/mol. The van der Waals surface area contributed by atoms with Gasteiger partial charge in [0.15, 0.2) is 5.65 Å². The summed E-state index contributed by atoms with van der Waals surface area (Å²) in [5.41, 5.74) is 2.03. The van der Waals surface area contributed by atoms with Crippen LogP contribution in [0.25, 0.3) is 11.2 Å². The summed E-state index contributed by atoms with van der Waals surface area (Å²) in [5, 5.41) is 0. The number of nitrogens with one attached hydrogen (secondary N) is 1. The van der Waals surface area contributed by atoms with Gasteiger partial charge in [-0.15, -0.1) is 0 Å². The molecule has 2 aromatic rings. The summed E-state index contributed by atoms with van der Waals surface area (Å²) in [7, 11) is 0. The Bertz CT molecular complexity index is 570. The number of hydrogen-bond acceptors (Lipinski definition) is 3. The molecule has 0 radical (unpaired) electrons. The number of H-pyrrole nitrogens is 1. The number of aromatic amines is 1. The van der Waals surface area contributed by atoms with E-state index in [4.69, 9.17) is 9.72 Å². The molecular weight excluding hydrogens is 238 g/mol. The van der Waals surface area contributed by atoms with E-state index in [1.807, 2.05) is 19.1 Å². The van der Waals surface area contributed by atoms with E-state index < -0.39 is 0 Å². The Balaban J connectivity index is 2.01. The zero-order chi connectivity index (χ0) is 13.3. The molecule has 0 spiro atoms. The third-order valence-corrected chi connectivity index (χ3v) is 4.35. The fourth-order valence-electron chi connectivity index (χ4n) is 3.16. The van der Waals surface area contributed by atoms with Crippen molar-refractivity contribution in [1.82, 2.24) is 15.0 Å². The van der Waals surface area contributed by atoms with Crippen LogP contribution >= 0.6 is 0 Å². The van der Waals surface area contributed by atoms with Gasteiger partial charge in [-0.2, -0.15) is 4.98 Å². The average molecular weight is 259 g/mol. The molecular formula is C15H21N3O. The van der Waals surface area contributed by atoms with Gasteiger partial charge in [0.05, 0.1) is 12.1 Å². The van der Waals surface area contributed by atoms with Gasteiger partial charge < -0.3 is 9.72 Å². The Labute approximate surface area is 113 Å². The van der Waals surface area contributed by atoms with Gasteiger partial charge in [0, 0.05) is 11.5 Å². The normalized spacial score (nSPS) is 18.0. The van der Waals surface area contributed by atoms with Crippen LogP contribution in [0.2, 0.25) is 0 Å². The molecule has 1 N–H and O–H groups in total. The van der Waals surface area contributed by atoms with Gasteiger partial charge in [-0.3, -0.25) is 0 Å². The Morgan fingerprint density at radius 3 is 2.68 bits per heavy atom. The first-order valence-electron chi connectivity index (χ1n) is 7.27. The van der Waals surface area contributed by atoms with Crippen LogP contribution in [0.4, 0.5) is 0 Å². The molecule has 1 saturated carbocycles. The van der Waals surface area contributed by atoms with Crippen LogP contribution in [0, 0.1) is 0 Å². The lowest BCUT2D eigenvalue weighted by molar-refractivity contribution is 0.328. The molecule has 3 rings (SSSR count). The quantitative estimate of drug-likeness (QED) is 0.913. The number of aromatic nitrogens is 3. The molecule has 0 unspecified atom stereocenters.